The lowest BCUT2D eigenvalue weighted by Gasteiger charge is -2.38. The fraction of sp³-hybridized carbons (Fsp3) is 0.500. The smallest absolute Gasteiger partial charge is 0.157 e. The van der Waals surface area contributed by atoms with E-state index in [1.807, 2.05) is 11.3 Å². The zero-order valence-corrected chi connectivity index (χ0v) is 17.2. The Morgan fingerprint density at radius 1 is 1.16 bits per heavy atom. The highest BCUT2D eigenvalue weighted by atomic mass is 79.9. The van der Waals surface area contributed by atoms with Gasteiger partial charge in [-0.1, -0.05) is 13.8 Å². The summed E-state index contributed by atoms with van der Waals surface area (Å²) in [5, 5.41) is 23.5. The van der Waals surface area contributed by atoms with Crippen LogP contribution in [0.25, 0.3) is 0 Å². The Kier molecular flexibility index (Phi) is 5.47. The number of hydrogen-bond donors (Lipinski definition) is 3. The minimum Gasteiger partial charge on any atom is -0.504 e. The fourth-order valence-corrected chi connectivity index (χ4v) is 5.46. The number of phenolic OH excluding ortho intramolecular Hbond substituents is 2. The maximum absolute atomic E-state index is 10.00. The van der Waals surface area contributed by atoms with Gasteiger partial charge in [-0.25, -0.2) is 0 Å². The quantitative estimate of drug-likeness (QED) is 0.616. The summed E-state index contributed by atoms with van der Waals surface area (Å²) in [6, 6.07) is 6.35. The SMILES string of the molecule is Br.CC(C)CCc1cc2c(s1)[C@@H]1c3cc(O)c(O)cc3CC[C@H]1NC2. The highest BCUT2D eigenvalue weighted by Crippen LogP contribution is 2.46. The molecule has 0 unspecified atom stereocenters. The molecule has 136 valence electrons. The Morgan fingerprint density at radius 3 is 2.68 bits per heavy atom. The average Bonchev–Trinajstić information content (AvgIpc) is 2.97. The topological polar surface area (TPSA) is 52.5 Å². The highest BCUT2D eigenvalue weighted by Gasteiger charge is 2.37. The number of benzene rings is 1. The maximum atomic E-state index is 10.00. The molecular formula is C20H26BrNO2S. The van der Waals surface area contributed by atoms with Crippen LogP contribution in [-0.4, -0.2) is 16.3 Å². The van der Waals surface area contributed by atoms with Crippen molar-refractivity contribution in [3.63, 3.8) is 0 Å². The number of halogens is 1. The van der Waals surface area contributed by atoms with Crippen LogP contribution < -0.4 is 5.32 Å². The van der Waals surface area contributed by atoms with Crippen LogP contribution >= 0.6 is 28.3 Å². The van der Waals surface area contributed by atoms with Crippen LogP contribution in [-0.2, 0) is 19.4 Å². The van der Waals surface area contributed by atoms with Gasteiger partial charge in [0.05, 0.1) is 0 Å². The number of hydrogen-bond acceptors (Lipinski definition) is 4. The summed E-state index contributed by atoms with van der Waals surface area (Å²) in [4.78, 5) is 2.94. The fourth-order valence-electron chi connectivity index (χ4n) is 4.08. The van der Waals surface area contributed by atoms with Crippen molar-refractivity contribution in [3.05, 3.63) is 44.6 Å². The average molecular weight is 424 g/mol. The van der Waals surface area contributed by atoms with Crippen molar-refractivity contribution in [2.75, 3.05) is 0 Å². The molecule has 4 rings (SSSR count). The molecule has 1 aromatic heterocycles. The lowest BCUT2D eigenvalue weighted by molar-refractivity contribution is 0.383. The molecule has 2 heterocycles. The summed E-state index contributed by atoms with van der Waals surface area (Å²) in [7, 11) is 0. The number of fused-ring (bicyclic) bond motifs is 5. The summed E-state index contributed by atoms with van der Waals surface area (Å²) < 4.78 is 0. The van der Waals surface area contributed by atoms with E-state index in [1.54, 1.807) is 12.1 Å². The van der Waals surface area contributed by atoms with Crippen molar-refractivity contribution in [1.82, 2.24) is 5.32 Å². The van der Waals surface area contributed by atoms with Crippen LogP contribution in [0.4, 0.5) is 0 Å². The van der Waals surface area contributed by atoms with Gasteiger partial charge < -0.3 is 15.5 Å². The van der Waals surface area contributed by atoms with E-state index in [9.17, 15) is 10.2 Å². The Bertz CT molecular complexity index is 771. The van der Waals surface area contributed by atoms with Crippen molar-refractivity contribution in [1.29, 1.82) is 0 Å². The monoisotopic (exact) mass is 423 g/mol. The predicted octanol–water partition coefficient (Wildman–Crippen LogP) is 4.88. The molecule has 2 atom stereocenters. The van der Waals surface area contributed by atoms with E-state index in [0.717, 1.165) is 31.7 Å². The van der Waals surface area contributed by atoms with Crippen molar-refractivity contribution in [2.45, 2.75) is 58.0 Å². The predicted molar refractivity (Wildman–Crippen MR) is 108 cm³/mol. The van der Waals surface area contributed by atoms with Crippen molar-refractivity contribution in [2.24, 2.45) is 5.92 Å². The molecule has 0 amide bonds. The molecule has 0 bridgehead atoms. The molecule has 2 aliphatic rings. The van der Waals surface area contributed by atoms with Gasteiger partial charge in [-0.2, -0.15) is 0 Å². The van der Waals surface area contributed by atoms with E-state index in [2.05, 4.69) is 25.2 Å². The first-order chi connectivity index (χ1) is 11.5. The zero-order chi connectivity index (χ0) is 16.8. The molecule has 0 radical (unpaired) electrons. The van der Waals surface area contributed by atoms with Crippen LogP contribution in [0.3, 0.4) is 0 Å². The summed E-state index contributed by atoms with van der Waals surface area (Å²) in [6.07, 6.45) is 4.42. The Labute approximate surface area is 163 Å². The van der Waals surface area contributed by atoms with E-state index in [0.29, 0.717) is 12.0 Å². The van der Waals surface area contributed by atoms with Gasteiger partial charge in [0, 0.05) is 28.3 Å². The van der Waals surface area contributed by atoms with Gasteiger partial charge in [-0.05, 0) is 66.5 Å². The lowest BCUT2D eigenvalue weighted by atomic mass is 9.75. The number of aryl methyl sites for hydroxylation is 2. The number of rotatable bonds is 3. The van der Waals surface area contributed by atoms with Crippen molar-refractivity contribution < 1.29 is 10.2 Å². The first-order valence-corrected chi connectivity index (χ1v) is 9.74. The molecule has 1 aliphatic carbocycles. The Balaban J connectivity index is 0.00000182. The first-order valence-electron chi connectivity index (χ1n) is 8.92. The normalized spacial score (nSPS) is 21.2. The summed E-state index contributed by atoms with van der Waals surface area (Å²) in [5.74, 6) is 1.03. The zero-order valence-electron chi connectivity index (χ0n) is 14.7. The van der Waals surface area contributed by atoms with Crippen molar-refractivity contribution >= 4 is 28.3 Å². The molecular weight excluding hydrogens is 398 g/mol. The molecule has 0 saturated heterocycles. The number of nitrogens with one attached hydrogen (secondary N) is 1. The molecule has 1 aliphatic heterocycles. The van der Waals surface area contributed by atoms with Gasteiger partial charge in [0.1, 0.15) is 0 Å². The van der Waals surface area contributed by atoms with Gasteiger partial charge >= 0.3 is 0 Å². The van der Waals surface area contributed by atoms with Gasteiger partial charge in [-0.15, -0.1) is 28.3 Å². The van der Waals surface area contributed by atoms with Gasteiger partial charge in [0.2, 0.25) is 0 Å². The van der Waals surface area contributed by atoms with Crippen molar-refractivity contribution in [3.8, 4) is 11.5 Å². The molecule has 3 N–H and O–H groups in total. The minimum atomic E-state index is -0.00175. The third-order valence-corrected chi connectivity index (χ3v) is 6.72. The number of thiophene rings is 1. The minimum absolute atomic E-state index is 0. The van der Waals surface area contributed by atoms with Crippen LogP contribution in [0.15, 0.2) is 18.2 Å². The standard InChI is InChI=1S/C20H25NO2S.BrH/c1-11(2)3-5-14-7-13-10-21-16-6-4-12-8-17(22)18(23)9-15(12)19(16)20(13)24-14;/h7-9,11,16,19,21-23H,3-6,10H2,1-2H3;1H/t16-,19-;/m1./s1. The number of aromatic hydroxyl groups is 2. The summed E-state index contributed by atoms with van der Waals surface area (Å²) >= 11 is 1.95. The molecule has 3 nitrogen and oxygen atoms in total. The number of phenols is 2. The highest BCUT2D eigenvalue weighted by molar-refractivity contribution is 8.93. The summed E-state index contributed by atoms with van der Waals surface area (Å²) in [5.41, 5.74) is 3.78. The first kappa shape index (κ1) is 18.7. The van der Waals surface area contributed by atoms with Gasteiger partial charge in [0.25, 0.3) is 0 Å². The lowest BCUT2D eigenvalue weighted by Crippen LogP contribution is -2.41. The van der Waals surface area contributed by atoms with E-state index < -0.39 is 0 Å². The van der Waals surface area contributed by atoms with E-state index >= 15 is 0 Å². The van der Waals surface area contributed by atoms with Gasteiger partial charge in [-0.3, -0.25) is 0 Å². The summed E-state index contributed by atoms with van der Waals surface area (Å²) in [6.45, 7) is 5.50. The van der Waals surface area contributed by atoms with Crippen LogP contribution in [0.1, 0.15) is 59.1 Å². The largest absolute Gasteiger partial charge is 0.504 e. The molecule has 0 saturated carbocycles. The van der Waals surface area contributed by atoms with Gasteiger partial charge in [0.15, 0.2) is 11.5 Å². The molecule has 0 fully saturated rings. The van der Waals surface area contributed by atoms with Crippen LogP contribution in [0, 0.1) is 5.92 Å². The Morgan fingerprint density at radius 2 is 1.92 bits per heavy atom. The van der Waals surface area contributed by atoms with Crippen LogP contribution in [0.2, 0.25) is 0 Å². The second-order valence-corrected chi connectivity index (χ2v) is 8.75. The third-order valence-electron chi connectivity index (χ3n) is 5.40. The second kappa shape index (κ2) is 7.29. The Hall–Kier alpha value is -1.04. The third kappa shape index (κ3) is 3.46. The molecule has 2 aromatic rings. The van der Waals surface area contributed by atoms with Crippen LogP contribution in [0.5, 0.6) is 11.5 Å². The molecule has 25 heavy (non-hydrogen) atoms. The molecule has 5 heteroatoms. The molecule has 0 spiro atoms. The molecule has 1 aromatic carbocycles. The van der Waals surface area contributed by atoms with E-state index in [1.165, 1.54) is 32.9 Å². The van der Waals surface area contributed by atoms with E-state index in [4.69, 9.17) is 0 Å². The van der Waals surface area contributed by atoms with E-state index in [-0.39, 0.29) is 28.5 Å². The maximum Gasteiger partial charge on any atom is 0.157 e. The second-order valence-electron chi connectivity index (χ2n) is 7.58.